The van der Waals surface area contributed by atoms with Crippen LogP contribution < -0.4 is 4.90 Å². The van der Waals surface area contributed by atoms with Gasteiger partial charge in [0, 0.05) is 0 Å². The van der Waals surface area contributed by atoms with E-state index in [0.29, 0.717) is 10.7 Å². The number of rotatable bonds is 1. The molecule has 0 N–H and O–H groups in total. The number of amides is 1. The molecule has 0 bridgehead atoms. The van der Waals surface area contributed by atoms with E-state index in [1.165, 1.54) is 24.3 Å². The number of halogens is 2. The second-order valence-corrected chi connectivity index (χ2v) is 5.48. The molecular formula is C19H16Cl2N2OSTi+2. The zero-order valence-corrected chi connectivity index (χ0v) is 17.6. The van der Waals surface area contributed by atoms with Gasteiger partial charge in [-0.05, 0) is 81.5 Å². The predicted octanol–water partition coefficient (Wildman–Crippen LogP) is 4.32. The van der Waals surface area contributed by atoms with Gasteiger partial charge in [-0.15, -0.1) is 0 Å². The van der Waals surface area contributed by atoms with Crippen LogP contribution in [0.15, 0.2) is 29.3 Å². The number of para-hydroxylation sites is 1. The van der Waals surface area contributed by atoms with Crippen LogP contribution in [0.3, 0.4) is 0 Å². The summed E-state index contributed by atoms with van der Waals surface area (Å²) in [6.45, 7) is 0.115. The van der Waals surface area contributed by atoms with Crippen molar-refractivity contribution in [1.29, 1.82) is 0 Å². The first-order valence-electron chi connectivity index (χ1n) is 7.51. The van der Waals surface area contributed by atoms with Crippen LogP contribution in [0.4, 0.5) is 5.69 Å². The van der Waals surface area contributed by atoms with Gasteiger partial charge in [-0.25, -0.2) is 0 Å². The number of nitrogens with zero attached hydrogens (tertiary/aromatic N) is 2. The van der Waals surface area contributed by atoms with Crippen molar-refractivity contribution in [2.45, 2.75) is 0 Å². The summed E-state index contributed by atoms with van der Waals surface area (Å²) in [6, 6.07) is 7.06. The Morgan fingerprint density at radius 2 is 1.31 bits per heavy atom. The average Bonchev–Trinajstić information content (AvgIpc) is 3.44. The molecule has 0 spiro atoms. The van der Waals surface area contributed by atoms with Crippen molar-refractivity contribution in [3.05, 3.63) is 93.5 Å². The van der Waals surface area contributed by atoms with Gasteiger partial charge >= 0.3 is 28.7 Å². The first-order chi connectivity index (χ1) is 12.7. The van der Waals surface area contributed by atoms with Crippen molar-refractivity contribution in [2.75, 3.05) is 11.4 Å². The minimum atomic E-state index is -0.136. The van der Waals surface area contributed by atoms with Crippen LogP contribution in [0, 0.1) is 64.2 Å². The van der Waals surface area contributed by atoms with Crippen LogP contribution in [0.25, 0.3) is 0 Å². The monoisotopic (exact) mass is 438 g/mol. The zero-order chi connectivity index (χ0) is 19.2. The van der Waals surface area contributed by atoms with Crippen molar-refractivity contribution in [3.8, 4) is 0 Å². The number of benzene rings is 1. The number of carbonyl (C=O) groups excluding carboxylic acids is 1. The second-order valence-electron chi connectivity index (χ2n) is 4.70. The van der Waals surface area contributed by atoms with Gasteiger partial charge in [0.05, 0.1) is 10.7 Å². The number of hydrogen-bond acceptors (Lipinski definition) is 3. The number of hydrogen-bond donors (Lipinski definition) is 0. The third-order valence-electron chi connectivity index (χ3n) is 2.99. The van der Waals surface area contributed by atoms with Gasteiger partial charge < -0.3 is 12.6 Å². The topological polar surface area (TPSA) is 32.7 Å². The third kappa shape index (κ3) is 8.71. The number of carbonyl (C=O) groups is 1. The van der Waals surface area contributed by atoms with E-state index in [2.05, 4.69) is 14.3 Å². The first-order valence-corrected chi connectivity index (χ1v) is 10.4. The second kappa shape index (κ2) is 14.9. The summed E-state index contributed by atoms with van der Waals surface area (Å²) < 4.78 is 0. The normalized spacial score (nSPS) is 18.1. The summed E-state index contributed by atoms with van der Waals surface area (Å²) in [5.74, 6) is -0.136. The summed E-state index contributed by atoms with van der Waals surface area (Å²) >= 11 is 12.4. The number of amidine groups is 1. The standard InChI is InChI=1S/C9H7ClN2OS.2C5H5.ClH.Ti/c10-6-3-1-2-4-7(6)12-8(13)5-11-9(12)14;2*1-2-4-5-3-1;;/h1-4H,5H2,(H,11,14);2*1-5H;1H;/q;;;;+4/p-2. The van der Waals surface area contributed by atoms with Crippen molar-refractivity contribution < 1.29 is 24.2 Å². The Bertz CT molecular complexity index is 539. The quantitative estimate of drug-likeness (QED) is 0.483. The molecule has 0 atom stereocenters. The molecule has 7 heteroatoms. The molecule has 1 aromatic carbocycles. The Hall–Kier alpha value is -0.126. The molecule has 10 radical (unpaired) electrons. The zero-order valence-electron chi connectivity index (χ0n) is 13.8. The average molecular weight is 439 g/mol. The summed E-state index contributed by atoms with van der Waals surface area (Å²) in [7, 11) is 4.64. The van der Waals surface area contributed by atoms with Gasteiger partial charge in [0.2, 0.25) is 0 Å². The Labute approximate surface area is 183 Å². The molecule has 3 aliphatic rings. The fourth-order valence-corrected chi connectivity index (χ4v) is 2.38. The Morgan fingerprint density at radius 3 is 1.65 bits per heavy atom. The molecule has 2 fully saturated rings. The van der Waals surface area contributed by atoms with Crippen molar-refractivity contribution >= 4 is 50.3 Å². The number of anilines is 1. The predicted molar refractivity (Wildman–Crippen MR) is 107 cm³/mol. The molecule has 1 aliphatic heterocycles. The van der Waals surface area contributed by atoms with Crippen molar-refractivity contribution in [3.63, 3.8) is 0 Å². The Morgan fingerprint density at radius 1 is 0.885 bits per heavy atom. The van der Waals surface area contributed by atoms with E-state index in [4.69, 9.17) is 24.2 Å². The molecular weight excluding hydrogens is 423 g/mol. The maximum atomic E-state index is 11.4. The van der Waals surface area contributed by atoms with E-state index in [0.717, 1.165) is 0 Å². The van der Waals surface area contributed by atoms with E-state index in [-0.39, 0.29) is 17.6 Å². The summed E-state index contributed by atoms with van der Waals surface area (Å²) in [5.41, 5.74) is 0.602. The van der Waals surface area contributed by atoms with Gasteiger partial charge in [0.15, 0.2) is 0 Å². The van der Waals surface area contributed by atoms with Crippen LogP contribution in [-0.2, 0) is 36.8 Å². The van der Waals surface area contributed by atoms with Gasteiger partial charge in [-0.2, -0.15) is 0 Å². The molecule has 1 heterocycles. The third-order valence-corrected chi connectivity index (χ3v) is 3.63. The van der Waals surface area contributed by atoms with Gasteiger partial charge in [-0.1, -0.05) is 23.7 Å². The first kappa shape index (κ1) is 23.9. The van der Waals surface area contributed by atoms with Crippen LogP contribution in [0.1, 0.15) is 0 Å². The fourth-order valence-electron chi connectivity index (χ4n) is 1.90. The van der Waals surface area contributed by atoms with E-state index < -0.39 is 0 Å². The Kier molecular flexibility index (Phi) is 13.7. The summed E-state index contributed by atoms with van der Waals surface area (Å²) in [6.07, 6.45) is 20.0. The fraction of sp³-hybridized carbons (Fsp3) is 0.0526. The Balaban J connectivity index is 0.000000230. The molecule has 4 rings (SSSR count). The minimum absolute atomic E-state index is 0.115. The van der Waals surface area contributed by atoms with E-state index in [1.807, 2.05) is 64.2 Å². The molecule has 130 valence electrons. The SMILES string of the molecule is O=C1CN=C([S-])N1c1ccccc1Cl.[CH]1[CH][CH][CH][CH]1.[CH]1[CH][CH][CH][CH]1.[Cl][Ti+3]. The van der Waals surface area contributed by atoms with Crippen LogP contribution in [0.2, 0.25) is 5.02 Å². The van der Waals surface area contributed by atoms with Gasteiger partial charge in [-0.3, -0.25) is 14.7 Å². The molecule has 1 aromatic rings. The molecule has 2 aliphatic carbocycles. The van der Waals surface area contributed by atoms with E-state index >= 15 is 0 Å². The van der Waals surface area contributed by atoms with Crippen LogP contribution in [0.5, 0.6) is 0 Å². The molecule has 1 amide bonds. The van der Waals surface area contributed by atoms with E-state index in [1.54, 1.807) is 24.3 Å². The molecule has 0 aromatic heterocycles. The summed E-state index contributed by atoms with van der Waals surface area (Å²) in [5, 5.41) is 0.781. The molecule has 26 heavy (non-hydrogen) atoms. The van der Waals surface area contributed by atoms with E-state index in [9.17, 15) is 4.79 Å². The van der Waals surface area contributed by atoms with Crippen molar-refractivity contribution in [1.82, 2.24) is 0 Å². The number of aliphatic imine (C=N–C) groups is 1. The van der Waals surface area contributed by atoms with Crippen LogP contribution in [-0.4, -0.2) is 17.6 Å². The molecule has 2 saturated carbocycles. The molecule has 0 unspecified atom stereocenters. The van der Waals surface area contributed by atoms with Crippen molar-refractivity contribution in [2.24, 2.45) is 4.99 Å². The van der Waals surface area contributed by atoms with Gasteiger partial charge in [0.1, 0.15) is 6.54 Å². The maximum absolute atomic E-state index is 11.4. The van der Waals surface area contributed by atoms with Crippen LogP contribution >= 0.6 is 20.9 Å². The molecule has 3 nitrogen and oxygen atoms in total. The molecule has 0 saturated heterocycles. The summed E-state index contributed by atoms with van der Waals surface area (Å²) in [4.78, 5) is 16.6. The van der Waals surface area contributed by atoms with Gasteiger partial charge in [0.25, 0.3) is 5.91 Å².